The second-order valence-electron chi connectivity index (χ2n) is 8.89. The number of amides is 2. The molecule has 5 rings (SSSR count). The fourth-order valence-corrected chi connectivity index (χ4v) is 4.62. The molecule has 1 fully saturated rings. The standard InChI is InChI=1S/C27H24ClFN6O2/c28-21-14-22(29)20(23-8-4-5-11-31-23)13-19(21)26(36)33-25-15-24(27(37)32-17-10-9-16(30)12-17)34-35(25)18-6-2-1-3-7-18/h1-8,11,13-17H,9-10,12,30H2,(H,32,37)(H,33,36)/t16-,17-/m1/s1. The average molecular weight is 519 g/mol. The molecule has 2 aromatic carbocycles. The molecule has 0 spiro atoms. The van der Waals surface area contributed by atoms with E-state index in [4.69, 9.17) is 17.3 Å². The molecule has 0 radical (unpaired) electrons. The van der Waals surface area contributed by atoms with E-state index < -0.39 is 11.7 Å². The highest BCUT2D eigenvalue weighted by molar-refractivity contribution is 6.34. The quantitative estimate of drug-likeness (QED) is 0.345. The zero-order valence-corrected chi connectivity index (χ0v) is 20.5. The van der Waals surface area contributed by atoms with E-state index in [0.717, 1.165) is 18.9 Å². The Morgan fingerprint density at radius 2 is 1.81 bits per heavy atom. The van der Waals surface area contributed by atoms with Crippen molar-refractivity contribution in [2.75, 3.05) is 5.32 Å². The third kappa shape index (κ3) is 5.37. The molecule has 10 heteroatoms. The summed E-state index contributed by atoms with van der Waals surface area (Å²) in [5.74, 6) is -1.29. The highest BCUT2D eigenvalue weighted by Crippen LogP contribution is 2.29. The van der Waals surface area contributed by atoms with Gasteiger partial charge in [-0.3, -0.25) is 14.6 Å². The van der Waals surface area contributed by atoms with E-state index in [1.165, 1.54) is 23.0 Å². The molecule has 1 saturated carbocycles. The number of anilines is 1. The summed E-state index contributed by atoms with van der Waals surface area (Å²) in [6.45, 7) is 0. The largest absolute Gasteiger partial charge is 0.348 e. The van der Waals surface area contributed by atoms with Gasteiger partial charge in [0.2, 0.25) is 0 Å². The zero-order chi connectivity index (χ0) is 25.9. The third-order valence-electron chi connectivity index (χ3n) is 6.23. The number of pyridine rings is 1. The maximum Gasteiger partial charge on any atom is 0.272 e. The molecular weight excluding hydrogens is 495 g/mol. The first-order valence-corrected chi connectivity index (χ1v) is 12.2. The number of rotatable bonds is 6. The second kappa shape index (κ2) is 10.5. The van der Waals surface area contributed by atoms with Crippen molar-refractivity contribution in [2.24, 2.45) is 5.73 Å². The average Bonchev–Trinajstić information content (AvgIpc) is 3.51. The highest BCUT2D eigenvalue weighted by Gasteiger charge is 2.26. The first-order chi connectivity index (χ1) is 17.9. The van der Waals surface area contributed by atoms with Gasteiger partial charge in [-0.15, -0.1) is 0 Å². The molecule has 8 nitrogen and oxygen atoms in total. The van der Waals surface area contributed by atoms with Gasteiger partial charge in [-0.1, -0.05) is 35.9 Å². The molecule has 1 aliphatic carbocycles. The van der Waals surface area contributed by atoms with Gasteiger partial charge in [-0.2, -0.15) is 5.10 Å². The fraction of sp³-hybridized carbons (Fsp3) is 0.185. The predicted molar refractivity (Wildman–Crippen MR) is 139 cm³/mol. The maximum absolute atomic E-state index is 14.7. The summed E-state index contributed by atoms with van der Waals surface area (Å²) in [6, 6.07) is 18.1. The van der Waals surface area contributed by atoms with E-state index in [1.807, 2.05) is 18.2 Å². The van der Waals surface area contributed by atoms with Crippen LogP contribution in [0.4, 0.5) is 10.2 Å². The Morgan fingerprint density at radius 1 is 1.03 bits per heavy atom. The number of nitrogens with two attached hydrogens (primary N) is 1. The summed E-state index contributed by atoms with van der Waals surface area (Å²) in [6.07, 6.45) is 3.89. The Bertz CT molecular complexity index is 1440. The van der Waals surface area contributed by atoms with E-state index in [1.54, 1.807) is 30.3 Å². The Hall–Kier alpha value is -4.08. The SMILES string of the molecule is N[C@@H]1CC[C@@H](NC(=O)c2cc(NC(=O)c3cc(-c4ccccn4)c(F)cc3Cl)n(-c3ccccc3)n2)C1. The van der Waals surface area contributed by atoms with Gasteiger partial charge in [0.1, 0.15) is 11.6 Å². The monoisotopic (exact) mass is 518 g/mol. The third-order valence-corrected chi connectivity index (χ3v) is 6.55. The molecule has 0 aliphatic heterocycles. The summed E-state index contributed by atoms with van der Waals surface area (Å²) in [5, 5.41) is 10.1. The van der Waals surface area contributed by atoms with E-state index in [-0.39, 0.29) is 45.7 Å². The molecule has 2 atom stereocenters. The lowest BCUT2D eigenvalue weighted by molar-refractivity contribution is 0.0931. The van der Waals surface area contributed by atoms with Crippen LogP contribution in [0.3, 0.4) is 0 Å². The van der Waals surface area contributed by atoms with Crippen LogP contribution in [0.1, 0.15) is 40.1 Å². The van der Waals surface area contributed by atoms with Crippen molar-refractivity contribution in [3.63, 3.8) is 0 Å². The van der Waals surface area contributed by atoms with Gasteiger partial charge in [0.15, 0.2) is 5.69 Å². The summed E-state index contributed by atoms with van der Waals surface area (Å²) >= 11 is 6.25. The molecule has 0 unspecified atom stereocenters. The molecule has 4 N–H and O–H groups in total. The van der Waals surface area contributed by atoms with Crippen molar-refractivity contribution in [1.29, 1.82) is 0 Å². The van der Waals surface area contributed by atoms with Crippen LogP contribution < -0.4 is 16.4 Å². The lowest BCUT2D eigenvalue weighted by Gasteiger charge is -2.11. The van der Waals surface area contributed by atoms with Crippen molar-refractivity contribution in [3.05, 3.63) is 95.0 Å². The molecule has 2 aromatic heterocycles. The lowest BCUT2D eigenvalue weighted by Crippen LogP contribution is -2.34. The number of nitrogens with zero attached hydrogens (tertiary/aromatic N) is 3. The first-order valence-electron chi connectivity index (χ1n) is 11.8. The molecule has 188 valence electrons. The summed E-state index contributed by atoms with van der Waals surface area (Å²) in [5.41, 5.74) is 7.30. The molecular formula is C27H24ClFN6O2. The van der Waals surface area contributed by atoms with Crippen LogP contribution in [0.2, 0.25) is 5.02 Å². The summed E-state index contributed by atoms with van der Waals surface area (Å²) < 4.78 is 16.1. The molecule has 2 amide bonds. The van der Waals surface area contributed by atoms with Gasteiger partial charge in [-0.05, 0) is 55.7 Å². The normalized spacial score (nSPS) is 16.9. The van der Waals surface area contributed by atoms with Crippen molar-refractivity contribution in [1.82, 2.24) is 20.1 Å². The van der Waals surface area contributed by atoms with Crippen LogP contribution in [0.15, 0.2) is 72.9 Å². The second-order valence-corrected chi connectivity index (χ2v) is 9.29. The number of hydrogen-bond acceptors (Lipinski definition) is 5. The first kappa shape index (κ1) is 24.6. The Kier molecular flexibility index (Phi) is 6.98. The van der Waals surface area contributed by atoms with Gasteiger partial charge in [0.25, 0.3) is 11.8 Å². The minimum Gasteiger partial charge on any atom is -0.348 e. The predicted octanol–water partition coefficient (Wildman–Crippen LogP) is 4.59. The number of carbonyl (C=O) groups excluding carboxylic acids is 2. The van der Waals surface area contributed by atoms with Gasteiger partial charge < -0.3 is 16.4 Å². The summed E-state index contributed by atoms with van der Waals surface area (Å²) in [4.78, 5) is 30.4. The van der Waals surface area contributed by atoms with Gasteiger partial charge in [-0.25, -0.2) is 9.07 Å². The van der Waals surface area contributed by atoms with Crippen molar-refractivity contribution in [2.45, 2.75) is 31.3 Å². The van der Waals surface area contributed by atoms with E-state index >= 15 is 0 Å². The molecule has 2 heterocycles. The van der Waals surface area contributed by atoms with Crippen LogP contribution in [0, 0.1) is 5.82 Å². The van der Waals surface area contributed by atoms with Gasteiger partial charge in [0.05, 0.1) is 22.0 Å². The topological polar surface area (TPSA) is 115 Å². The van der Waals surface area contributed by atoms with Gasteiger partial charge >= 0.3 is 0 Å². The highest BCUT2D eigenvalue weighted by atomic mass is 35.5. The molecule has 4 aromatic rings. The van der Waals surface area contributed by atoms with Crippen LogP contribution in [-0.4, -0.2) is 38.7 Å². The number of halogens is 2. The number of hydrogen-bond donors (Lipinski definition) is 3. The minimum absolute atomic E-state index is 0.0227. The van der Waals surface area contributed by atoms with Crippen LogP contribution >= 0.6 is 11.6 Å². The van der Waals surface area contributed by atoms with E-state index in [9.17, 15) is 14.0 Å². The lowest BCUT2D eigenvalue weighted by atomic mass is 10.1. The van der Waals surface area contributed by atoms with E-state index in [0.29, 0.717) is 17.8 Å². The number of benzene rings is 2. The van der Waals surface area contributed by atoms with Crippen LogP contribution in [-0.2, 0) is 0 Å². The zero-order valence-electron chi connectivity index (χ0n) is 19.7. The Balaban J connectivity index is 1.46. The van der Waals surface area contributed by atoms with Crippen molar-refractivity contribution < 1.29 is 14.0 Å². The van der Waals surface area contributed by atoms with Gasteiger partial charge in [0, 0.05) is 29.9 Å². The molecule has 0 saturated heterocycles. The van der Waals surface area contributed by atoms with Crippen molar-refractivity contribution in [3.8, 4) is 16.9 Å². The maximum atomic E-state index is 14.7. The Labute approximate surface area is 217 Å². The Morgan fingerprint density at radius 3 is 2.51 bits per heavy atom. The number of aromatic nitrogens is 3. The summed E-state index contributed by atoms with van der Waals surface area (Å²) in [7, 11) is 0. The van der Waals surface area contributed by atoms with Crippen LogP contribution in [0.5, 0.6) is 0 Å². The molecule has 1 aliphatic rings. The van der Waals surface area contributed by atoms with E-state index in [2.05, 4.69) is 20.7 Å². The van der Waals surface area contributed by atoms with Crippen LogP contribution in [0.25, 0.3) is 16.9 Å². The number of carbonyl (C=O) groups is 2. The molecule has 0 bridgehead atoms. The fourth-order valence-electron chi connectivity index (χ4n) is 4.38. The number of para-hydroxylation sites is 1. The molecule has 37 heavy (non-hydrogen) atoms. The number of nitrogens with one attached hydrogen (secondary N) is 2. The minimum atomic E-state index is -0.597. The smallest absolute Gasteiger partial charge is 0.272 e. The van der Waals surface area contributed by atoms with Crippen molar-refractivity contribution >= 4 is 29.2 Å².